The fourth-order valence-corrected chi connectivity index (χ4v) is 3.76. The predicted octanol–water partition coefficient (Wildman–Crippen LogP) is 5.48. The molecule has 1 aliphatic rings. The number of hydrogen-bond acceptors (Lipinski definition) is 2. The van der Waals surface area contributed by atoms with E-state index in [1.54, 1.807) is 7.11 Å². The minimum Gasteiger partial charge on any atom is -0.380 e. The molecule has 0 bridgehead atoms. The van der Waals surface area contributed by atoms with Gasteiger partial charge >= 0.3 is 0 Å². The lowest BCUT2D eigenvalue weighted by atomic mass is 9.90. The first-order valence-electron chi connectivity index (χ1n) is 9.01. The molecular formula is C24H23NO. The average Bonchev–Trinajstić information content (AvgIpc) is 2.70. The maximum atomic E-state index is 5.55. The lowest BCUT2D eigenvalue weighted by molar-refractivity contribution is 0.220. The van der Waals surface area contributed by atoms with Gasteiger partial charge in [-0.2, -0.15) is 0 Å². The minimum absolute atomic E-state index is 0.172. The first-order valence-corrected chi connectivity index (χ1v) is 9.01. The Bertz CT molecular complexity index is 886. The predicted molar refractivity (Wildman–Crippen MR) is 108 cm³/mol. The van der Waals surface area contributed by atoms with Gasteiger partial charge < -0.3 is 9.64 Å². The van der Waals surface area contributed by atoms with Crippen LogP contribution in [0.4, 0.5) is 5.69 Å². The van der Waals surface area contributed by atoms with Crippen molar-refractivity contribution in [3.63, 3.8) is 0 Å². The molecule has 0 aromatic heterocycles. The molecule has 0 saturated heterocycles. The number of ether oxygens (including phenoxy) is 1. The third kappa shape index (κ3) is 3.29. The van der Waals surface area contributed by atoms with Crippen molar-refractivity contribution in [2.45, 2.75) is 12.6 Å². The summed E-state index contributed by atoms with van der Waals surface area (Å²) in [6, 6.07) is 30.2. The number of para-hydroxylation sites is 1. The molecule has 0 fully saturated rings. The van der Waals surface area contributed by atoms with Gasteiger partial charge in [0, 0.05) is 19.3 Å². The van der Waals surface area contributed by atoms with E-state index in [4.69, 9.17) is 4.74 Å². The standard InChI is InChI=1S/C24H23NO/c1-26-18-22-16-21-14-8-9-15-23(21)25(17-19-10-4-2-5-11-19)24(22)20-12-6-3-7-13-20/h2-16,24H,17-18H2,1H3. The number of anilines is 1. The first-order chi connectivity index (χ1) is 12.9. The Hall–Kier alpha value is -2.84. The fourth-order valence-electron chi connectivity index (χ4n) is 3.76. The number of rotatable bonds is 5. The maximum absolute atomic E-state index is 5.55. The number of hydrogen-bond donors (Lipinski definition) is 0. The summed E-state index contributed by atoms with van der Waals surface area (Å²) in [6.07, 6.45) is 2.29. The van der Waals surface area contributed by atoms with Gasteiger partial charge in [0.05, 0.1) is 12.6 Å². The van der Waals surface area contributed by atoms with Gasteiger partial charge in [0.2, 0.25) is 0 Å². The van der Waals surface area contributed by atoms with Crippen LogP contribution in [0.5, 0.6) is 0 Å². The molecule has 130 valence electrons. The number of benzene rings is 3. The molecule has 0 aliphatic carbocycles. The van der Waals surface area contributed by atoms with Crippen LogP contribution >= 0.6 is 0 Å². The van der Waals surface area contributed by atoms with E-state index in [-0.39, 0.29) is 6.04 Å². The molecule has 2 heteroatoms. The van der Waals surface area contributed by atoms with Crippen molar-refractivity contribution in [1.82, 2.24) is 0 Å². The van der Waals surface area contributed by atoms with E-state index in [1.165, 1.54) is 28.0 Å². The highest BCUT2D eigenvalue weighted by Gasteiger charge is 2.29. The van der Waals surface area contributed by atoms with Crippen LogP contribution in [-0.4, -0.2) is 13.7 Å². The Labute approximate surface area is 155 Å². The Kier molecular flexibility index (Phi) is 4.85. The van der Waals surface area contributed by atoms with Crippen LogP contribution in [0.1, 0.15) is 22.7 Å². The van der Waals surface area contributed by atoms with Gasteiger partial charge in [-0.1, -0.05) is 78.9 Å². The molecule has 0 N–H and O–H groups in total. The summed E-state index contributed by atoms with van der Waals surface area (Å²) in [7, 11) is 1.77. The summed E-state index contributed by atoms with van der Waals surface area (Å²) in [5, 5.41) is 0. The maximum Gasteiger partial charge on any atom is 0.0785 e. The Balaban J connectivity index is 1.83. The lowest BCUT2D eigenvalue weighted by Crippen LogP contribution is -2.33. The molecule has 0 radical (unpaired) electrons. The second-order valence-electron chi connectivity index (χ2n) is 6.64. The van der Waals surface area contributed by atoms with E-state index in [0.717, 1.165) is 6.54 Å². The van der Waals surface area contributed by atoms with E-state index < -0.39 is 0 Å². The van der Waals surface area contributed by atoms with Crippen LogP contribution in [0.15, 0.2) is 90.5 Å². The lowest BCUT2D eigenvalue weighted by Gasteiger charge is -2.40. The molecule has 0 spiro atoms. The van der Waals surface area contributed by atoms with Gasteiger partial charge in [0.1, 0.15) is 0 Å². The average molecular weight is 341 g/mol. The molecule has 1 aliphatic heterocycles. The van der Waals surface area contributed by atoms with E-state index in [2.05, 4.69) is 95.9 Å². The molecule has 3 aromatic rings. The van der Waals surface area contributed by atoms with Crippen molar-refractivity contribution in [3.8, 4) is 0 Å². The van der Waals surface area contributed by atoms with Crippen molar-refractivity contribution < 1.29 is 4.74 Å². The second kappa shape index (κ2) is 7.59. The van der Waals surface area contributed by atoms with E-state index in [1.807, 2.05) is 0 Å². The third-order valence-corrected chi connectivity index (χ3v) is 4.87. The molecule has 4 rings (SSSR count). The molecule has 2 nitrogen and oxygen atoms in total. The van der Waals surface area contributed by atoms with Crippen molar-refractivity contribution in [1.29, 1.82) is 0 Å². The zero-order valence-corrected chi connectivity index (χ0v) is 15.0. The highest BCUT2D eigenvalue weighted by atomic mass is 16.5. The van der Waals surface area contributed by atoms with Crippen LogP contribution < -0.4 is 4.90 Å². The van der Waals surface area contributed by atoms with Gasteiger partial charge in [-0.15, -0.1) is 0 Å². The van der Waals surface area contributed by atoms with E-state index in [0.29, 0.717) is 6.61 Å². The normalized spacial score (nSPS) is 16.1. The van der Waals surface area contributed by atoms with Crippen LogP contribution in [0.3, 0.4) is 0 Å². The smallest absolute Gasteiger partial charge is 0.0785 e. The van der Waals surface area contributed by atoms with Gasteiger partial charge in [-0.25, -0.2) is 0 Å². The molecule has 0 amide bonds. The minimum atomic E-state index is 0.172. The quantitative estimate of drug-likeness (QED) is 0.609. The van der Waals surface area contributed by atoms with Crippen LogP contribution in [0.25, 0.3) is 6.08 Å². The zero-order chi connectivity index (χ0) is 17.8. The van der Waals surface area contributed by atoms with Crippen molar-refractivity contribution in [2.75, 3.05) is 18.6 Å². The van der Waals surface area contributed by atoms with Gasteiger partial charge in [0.15, 0.2) is 0 Å². The molecule has 3 aromatic carbocycles. The largest absolute Gasteiger partial charge is 0.380 e. The number of fused-ring (bicyclic) bond motifs is 1. The Morgan fingerprint density at radius 2 is 1.46 bits per heavy atom. The summed E-state index contributed by atoms with van der Waals surface area (Å²) in [4.78, 5) is 2.49. The van der Waals surface area contributed by atoms with E-state index in [9.17, 15) is 0 Å². The van der Waals surface area contributed by atoms with Gasteiger partial charge in [0.25, 0.3) is 0 Å². The van der Waals surface area contributed by atoms with Crippen molar-refractivity contribution >= 4 is 11.8 Å². The van der Waals surface area contributed by atoms with Crippen molar-refractivity contribution in [3.05, 3.63) is 107 Å². The number of nitrogens with zero attached hydrogens (tertiary/aromatic N) is 1. The van der Waals surface area contributed by atoms with E-state index >= 15 is 0 Å². The Morgan fingerprint density at radius 3 is 2.19 bits per heavy atom. The topological polar surface area (TPSA) is 12.5 Å². The summed E-state index contributed by atoms with van der Waals surface area (Å²) < 4.78 is 5.55. The zero-order valence-electron chi connectivity index (χ0n) is 15.0. The molecule has 0 saturated carbocycles. The van der Waals surface area contributed by atoms with Crippen molar-refractivity contribution in [2.24, 2.45) is 0 Å². The summed E-state index contributed by atoms with van der Waals surface area (Å²) >= 11 is 0. The highest BCUT2D eigenvalue weighted by molar-refractivity contribution is 5.75. The van der Waals surface area contributed by atoms with Crippen LogP contribution in [0, 0.1) is 0 Å². The first kappa shape index (κ1) is 16.6. The molecular weight excluding hydrogens is 318 g/mol. The number of methoxy groups -OCH3 is 1. The highest BCUT2D eigenvalue weighted by Crippen LogP contribution is 2.41. The van der Waals surface area contributed by atoms with Crippen LogP contribution in [-0.2, 0) is 11.3 Å². The molecule has 1 atom stereocenters. The molecule has 1 unspecified atom stereocenters. The van der Waals surface area contributed by atoms with Gasteiger partial charge in [-0.3, -0.25) is 0 Å². The fraction of sp³-hybridized carbons (Fsp3) is 0.167. The third-order valence-electron chi connectivity index (χ3n) is 4.87. The molecule has 1 heterocycles. The SMILES string of the molecule is COCC1=Cc2ccccc2N(Cc2ccccc2)C1c1ccccc1. The Morgan fingerprint density at radius 1 is 0.808 bits per heavy atom. The molecule has 26 heavy (non-hydrogen) atoms. The summed E-state index contributed by atoms with van der Waals surface area (Å²) in [5.74, 6) is 0. The summed E-state index contributed by atoms with van der Waals surface area (Å²) in [5.41, 5.74) is 6.41. The second-order valence-corrected chi connectivity index (χ2v) is 6.64. The van der Waals surface area contributed by atoms with Crippen LogP contribution in [0.2, 0.25) is 0 Å². The van der Waals surface area contributed by atoms with Gasteiger partial charge in [-0.05, 0) is 34.4 Å². The summed E-state index contributed by atoms with van der Waals surface area (Å²) in [6.45, 7) is 1.48. The monoisotopic (exact) mass is 341 g/mol.